The molecule has 0 nitrogen and oxygen atoms in total. The predicted molar refractivity (Wildman–Crippen MR) is 83.9 cm³/mol. The van der Waals surface area contributed by atoms with Crippen molar-refractivity contribution < 1.29 is 0 Å². The zero-order valence-electron chi connectivity index (χ0n) is 11.0. The summed E-state index contributed by atoms with van der Waals surface area (Å²) in [5, 5.41) is 0. The molecule has 0 radical (unpaired) electrons. The first-order valence-corrected chi connectivity index (χ1v) is 11.6. The van der Waals surface area contributed by atoms with Gasteiger partial charge in [-0.05, 0) is 63.9 Å². The standard InChI is InChI=1S/C12H29P3/c1-14(2)10-7-5-6-8-12(13)9-11-15(3)4/h12H,5-11,13H2,1-4H3. The molecule has 0 aromatic rings. The van der Waals surface area contributed by atoms with Crippen LogP contribution in [0.25, 0.3) is 0 Å². The van der Waals surface area contributed by atoms with Gasteiger partial charge in [0.05, 0.1) is 0 Å². The fourth-order valence-corrected chi connectivity index (χ4v) is 3.97. The van der Waals surface area contributed by atoms with Crippen LogP contribution in [0.2, 0.25) is 0 Å². The second-order valence-corrected chi connectivity index (χ2v) is 11.2. The molecule has 0 saturated heterocycles. The average molecular weight is 266 g/mol. The van der Waals surface area contributed by atoms with Gasteiger partial charge in [-0.3, -0.25) is 0 Å². The van der Waals surface area contributed by atoms with Gasteiger partial charge in [0.2, 0.25) is 0 Å². The highest BCUT2D eigenvalue weighted by Crippen LogP contribution is 2.29. The molecule has 2 unspecified atom stereocenters. The molecule has 0 spiro atoms. The molecule has 0 aromatic carbocycles. The van der Waals surface area contributed by atoms with Crippen molar-refractivity contribution in [1.82, 2.24) is 0 Å². The molecule has 3 heteroatoms. The summed E-state index contributed by atoms with van der Waals surface area (Å²) in [6, 6.07) is 0. The van der Waals surface area contributed by atoms with Gasteiger partial charge in [-0.1, -0.05) is 12.8 Å². The minimum Gasteiger partial charge on any atom is -0.134 e. The van der Waals surface area contributed by atoms with Gasteiger partial charge >= 0.3 is 0 Å². The SMILES string of the molecule is CP(C)CCCCCC(P)CCP(C)C. The van der Waals surface area contributed by atoms with E-state index >= 15 is 0 Å². The van der Waals surface area contributed by atoms with E-state index in [1.54, 1.807) is 0 Å². The topological polar surface area (TPSA) is 0 Å². The van der Waals surface area contributed by atoms with E-state index in [9.17, 15) is 0 Å². The number of hydrogen-bond donors (Lipinski definition) is 0. The van der Waals surface area contributed by atoms with Gasteiger partial charge in [0, 0.05) is 0 Å². The molecule has 0 aliphatic carbocycles. The third-order valence-electron chi connectivity index (χ3n) is 2.63. The Bertz CT molecular complexity index is 135. The summed E-state index contributed by atoms with van der Waals surface area (Å²) in [4.78, 5) is 0. The molecule has 0 fully saturated rings. The first-order chi connectivity index (χ1) is 7.02. The Morgan fingerprint density at radius 2 is 1.40 bits per heavy atom. The van der Waals surface area contributed by atoms with E-state index in [1.165, 1.54) is 44.4 Å². The van der Waals surface area contributed by atoms with Crippen LogP contribution in [0, 0.1) is 0 Å². The van der Waals surface area contributed by atoms with Gasteiger partial charge in [-0.15, -0.1) is 25.1 Å². The highest BCUT2D eigenvalue weighted by atomic mass is 31.1. The molecule has 15 heavy (non-hydrogen) atoms. The maximum Gasteiger partial charge on any atom is -0.0261 e. The Labute approximate surface area is 102 Å². The Morgan fingerprint density at radius 3 is 1.93 bits per heavy atom. The van der Waals surface area contributed by atoms with Crippen LogP contribution < -0.4 is 0 Å². The van der Waals surface area contributed by atoms with Crippen LogP contribution in [0.5, 0.6) is 0 Å². The molecular formula is C12H29P3. The zero-order chi connectivity index (χ0) is 11.7. The second kappa shape index (κ2) is 10.4. The summed E-state index contributed by atoms with van der Waals surface area (Å²) in [5.41, 5.74) is 0.889. The van der Waals surface area contributed by atoms with Crippen LogP contribution in [-0.4, -0.2) is 44.6 Å². The summed E-state index contributed by atoms with van der Waals surface area (Å²) < 4.78 is 0. The average Bonchev–Trinajstić information content (AvgIpc) is 2.13. The van der Waals surface area contributed by atoms with Crippen LogP contribution >= 0.6 is 25.1 Å². The molecule has 0 aliphatic heterocycles. The number of rotatable bonds is 9. The highest BCUT2D eigenvalue weighted by molar-refractivity contribution is 7.56. The van der Waals surface area contributed by atoms with Crippen molar-refractivity contribution in [3.05, 3.63) is 0 Å². The molecule has 0 saturated carbocycles. The van der Waals surface area contributed by atoms with Crippen molar-refractivity contribution >= 4 is 25.1 Å². The normalized spacial score (nSPS) is 13.8. The Morgan fingerprint density at radius 1 is 0.800 bits per heavy atom. The first-order valence-electron chi connectivity index (χ1n) is 6.07. The molecule has 92 valence electrons. The van der Waals surface area contributed by atoms with E-state index in [0.29, 0.717) is 15.8 Å². The largest absolute Gasteiger partial charge is 0.134 e. The highest BCUT2D eigenvalue weighted by Gasteiger charge is 2.03. The quantitative estimate of drug-likeness (QED) is 0.420. The lowest BCUT2D eigenvalue weighted by Crippen LogP contribution is -2.00. The molecule has 0 amide bonds. The van der Waals surface area contributed by atoms with Gasteiger partial charge in [-0.2, -0.15) is 0 Å². The van der Waals surface area contributed by atoms with Crippen LogP contribution in [0.15, 0.2) is 0 Å². The van der Waals surface area contributed by atoms with Crippen molar-refractivity contribution in [2.75, 3.05) is 39.0 Å². The van der Waals surface area contributed by atoms with E-state index in [0.717, 1.165) is 5.66 Å². The molecule has 0 heterocycles. The van der Waals surface area contributed by atoms with Gasteiger partial charge in [0.15, 0.2) is 0 Å². The van der Waals surface area contributed by atoms with Crippen LogP contribution in [-0.2, 0) is 0 Å². The van der Waals surface area contributed by atoms with Crippen molar-refractivity contribution in [3.63, 3.8) is 0 Å². The van der Waals surface area contributed by atoms with Crippen LogP contribution in [0.4, 0.5) is 0 Å². The lowest BCUT2D eigenvalue weighted by atomic mass is 10.1. The number of hydrogen-bond acceptors (Lipinski definition) is 0. The third kappa shape index (κ3) is 13.2. The lowest BCUT2D eigenvalue weighted by Gasteiger charge is -2.13. The van der Waals surface area contributed by atoms with E-state index in [2.05, 4.69) is 35.9 Å². The van der Waals surface area contributed by atoms with Crippen molar-refractivity contribution in [2.24, 2.45) is 0 Å². The summed E-state index contributed by atoms with van der Waals surface area (Å²) >= 11 is 0. The van der Waals surface area contributed by atoms with Gasteiger partial charge in [0.25, 0.3) is 0 Å². The Hall–Kier alpha value is 1.29. The van der Waals surface area contributed by atoms with Gasteiger partial charge in [0.1, 0.15) is 0 Å². The minimum atomic E-state index is 0.326. The third-order valence-corrected chi connectivity index (χ3v) is 5.66. The lowest BCUT2D eigenvalue weighted by molar-refractivity contribution is 0.639. The Balaban J connectivity index is 3.20. The van der Waals surface area contributed by atoms with Crippen molar-refractivity contribution in [1.29, 1.82) is 0 Å². The molecular weight excluding hydrogens is 237 g/mol. The van der Waals surface area contributed by atoms with Gasteiger partial charge < -0.3 is 0 Å². The summed E-state index contributed by atoms with van der Waals surface area (Å²) in [5.74, 6) is 0. The molecule has 0 bridgehead atoms. The van der Waals surface area contributed by atoms with E-state index in [1.807, 2.05) is 0 Å². The molecule has 0 rings (SSSR count). The summed E-state index contributed by atoms with van der Waals surface area (Å²) in [7, 11) is 3.72. The van der Waals surface area contributed by atoms with Crippen LogP contribution in [0.1, 0.15) is 32.1 Å². The molecule has 0 aliphatic rings. The molecule has 2 atom stereocenters. The van der Waals surface area contributed by atoms with E-state index in [4.69, 9.17) is 0 Å². The van der Waals surface area contributed by atoms with E-state index < -0.39 is 0 Å². The minimum absolute atomic E-state index is 0.326. The molecule has 0 N–H and O–H groups in total. The smallest absolute Gasteiger partial charge is 0.0261 e. The fraction of sp³-hybridized carbons (Fsp3) is 1.00. The Kier molecular flexibility index (Phi) is 11.3. The maximum absolute atomic E-state index is 3.04. The monoisotopic (exact) mass is 266 g/mol. The number of unbranched alkanes of at least 4 members (excludes halogenated alkanes) is 2. The second-order valence-electron chi connectivity index (χ2n) is 5.00. The van der Waals surface area contributed by atoms with Crippen LogP contribution in [0.3, 0.4) is 0 Å². The predicted octanol–water partition coefficient (Wildman–Crippen LogP) is 4.66. The zero-order valence-corrected chi connectivity index (χ0v) is 13.9. The van der Waals surface area contributed by atoms with Gasteiger partial charge in [-0.25, -0.2) is 0 Å². The van der Waals surface area contributed by atoms with E-state index in [-0.39, 0.29) is 0 Å². The summed E-state index contributed by atoms with van der Waals surface area (Å²) in [6.45, 7) is 9.55. The first kappa shape index (κ1) is 16.3. The van der Waals surface area contributed by atoms with Crippen molar-refractivity contribution in [2.45, 2.75) is 37.8 Å². The maximum atomic E-state index is 3.04. The fourth-order valence-electron chi connectivity index (χ4n) is 1.58. The molecule has 0 aromatic heterocycles. The van der Waals surface area contributed by atoms with Crippen molar-refractivity contribution in [3.8, 4) is 0 Å². The summed E-state index contributed by atoms with van der Waals surface area (Å²) in [6.07, 6.45) is 10.2.